The molecule has 0 atom stereocenters. The maximum absolute atomic E-state index is 9.10. The highest BCUT2D eigenvalue weighted by Crippen LogP contribution is 2.24. The van der Waals surface area contributed by atoms with Crippen LogP contribution in [0.3, 0.4) is 0 Å². The Morgan fingerprint density at radius 3 is 2.45 bits per heavy atom. The SMILES string of the molecule is OCN(O)c1ccccc1O. The third-order valence-electron chi connectivity index (χ3n) is 1.29. The van der Waals surface area contributed by atoms with Gasteiger partial charge in [0.15, 0.2) is 0 Å². The number of rotatable bonds is 2. The van der Waals surface area contributed by atoms with Crippen molar-refractivity contribution in [3.05, 3.63) is 24.3 Å². The maximum atomic E-state index is 9.10. The molecule has 0 bridgehead atoms. The average molecular weight is 155 g/mol. The topological polar surface area (TPSA) is 63.9 Å². The quantitative estimate of drug-likeness (QED) is 0.430. The van der Waals surface area contributed by atoms with Crippen LogP contribution < -0.4 is 5.06 Å². The predicted octanol–water partition coefficient (Wildman–Crippen LogP) is 0.538. The highest BCUT2D eigenvalue weighted by molar-refractivity contribution is 5.55. The number of phenolic OH excluding ortho intramolecular Hbond substituents is 1. The molecule has 0 aliphatic heterocycles. The first-order valence-corrected chi connectivity index (χ1v) is 3.11. The third-order valence-corrected chi connectivity index (χ3v) is 1.29. The Hall–Kier alpha value is -1.26. The Kier molecular flexibility index (Phi) is 2.30. The van der Waals surface area contributed by atoms with Gasteiger partial charge < -0.3 is 10.2 Å². The normalized spacial score (nSPS) is 9.64. The first kappa shape index (κ1) is 7.84. The molecule has 11 heavy (non-hydrogen) atoms. The van der Waals surface area contributed by atoms with Gasteiger partial charge in [-0.25, -0.2) is 5.06 Å². The molecule has 1 aromatic rings. The van der Waals surface area contributed by atoms with Crippen LogP contribution in [0.25, 0.3) is 0 Å². The molecule has 0 unspecified atom stereocenters. The molecule has 0 fully saturated rings. The smallest absolute Gasteiger partial charge is 0.141 e. The largest absolute Gasteiger partial charge is 0.506 e. The van der Waals surface area contributed by atoms with E-state index in [9.17, 15) is 0 Å². The van der Waals surface area contributed by atoms with E-state index in [4.69, 9.17) is 15.4 Å². The van der Waals surface area contributed by atoms with Crippen molar-refractivity contribution in [2.24, 2.45) is 0 Å². The summed E-state index contributed by atoms with van der Waals surface area (Å²) in [5.74, 6) is -0.0657. The Morgan fingerprint density at radius 1 is 1.27 bits per heavy atom. The van der Waals surface area contributed by atoms with Gasteiger partial charge in [0.25, 0.3) is 0 Å². The van der Waals surface area contributed by atoms with Crippen molar-refractivity contribution < 1.29 is 15.4 Å². The van der Waals surface area contributed by atoms with Crippen molar-refractivity contribution in [1.82, 2.24) is 0 Å². The molecule has 0 aromatic heterocycles. The zero-order valence-electron chi connectivity index (χ0n) is 5.81. The van der Waals surface area contributed by atoms with E-state index in [-0.39, 0.29) is 11.4 Å². The van der Waals surface area contributed by atoms with Gasteiger partial charge in [-0.15, -0.1) is 0 Å². The number of benzene rings is 1. The Morgan fingerprint density at radius 2 is 1.91 bits per heavy atom. The molecule has 4 heteroatoms. The molecule has 60 valence electrons. The molecule has 0 saturated heterocycles. The second-order valence-electron chi connectivity index (χ2n) is 2.03. The summed E-state index contributed by atoms with van der Waals surface area (Å²) in [7, 11) is 0. The Bertz CT molecular complexity index is 239. The van der Waals surface area contributed by atoms with Crippen molar-refractivity contribution >= 4 is 5.69 Å². The molecule has 0 aliphatic carbocycles. The fourth-order valence-corrected chi connectivity index (χ4v) is 0.759. The number of anilines is 1. The summed E-state index contributed by atoms with van der Waals surface area (Å²) >= 11 is 0. The van der Waals surface area contributed by atoms with Crippen LogP contribution in [0.5, 0.6) is 5.75 Å². The fraction of sp³-hybridized carbons (Fsp3) is 0.143. The Labute approximate surface area is 63.9 Å². The fourth-order valence-electron chi connectivity index (χ4n) is 0.759. The summed E-state index contributed by atoms with van der Waals surface area (Å²) in [5.41, 5.74) is 0.190. The highest BCUT2D eigenvalue weighted by Gasteiger charge is 2.04. The first-order valence-electron chi connectivity index (χ1n) is 3.11. The standard InChI is InChI=1S/C7H9NO3/c9-5-8(11)6-3-1-2-4-7(6)10/h1-4,9-11H,5H2. The third kappa shape index (κ3) is 1.60. The van der Waals surface area contributed by atoms with E-state index in [1.165, 1.54) is 12.1 Å². The van der Waals surface area contributed by atoms with Crippen LogP contribution in [0, 0.1) is 0 Å². The molecule has 1 aromatic carbocycles. The van der Waals surface area contributed by atoms with Crippen molar-refractivity contribution in [3.8, 4) is 5.75 Å². The number of hydrogen-bond donors (Lipinski definition) is 3. The molecule has 0 radical (unpaired) electrons. The minimum absolute atomic E-state index is 0.0657. The molecule has 0 saturated carbocycles. The van der Waals surface area contributed by atoms with Crippen LogP contribution in [0.4, 0.5) is 5.69 Å². The summed E-state index contributed by atoms with van der Waals surface area (Å²) in [6.45, 7) is -0.544. The zero-order chi connectivity index (χ0) is 8.27. The van der Waals surface area contributed by atoms with E-state index in [1.54, 1.807) is 12.1 Å². The number of aromatic hydroxyl groups is 1. The van der Waals surface area contributed by atoms with E-state index in [0.717, 1.165) is 0 Å². The lowest BCUT2D eigenvalue weighted by atomic mass is 10.3. The summed E-state index contributed by atoms with van der Waals surface area (Å²) in [6, 6.07) is 6.19. The number of phenols is 1. The van der Waals surface area contributed by atoms with E-state index < -0.39 is 6.73 Å². The van der Waals surface area contributed by atoms with Gasteiger partial charge in [0, 0.05) is 0 Å². The van der Waals surface area contributed by atoms with Crippen LogP contribution in [0.2, 0.25) is 0 Å². The molecule has 4 nitrogen and oxygen atoms in total. The van der Waals surface area contributed by atoms with Gasteiger partial charge >= 0.3 is 0 Å². The van der Waals surface area contributed by atoms with Crippen LogP contribution >= 0.6 is 0 Å². The summed E-state index contributed by atoms with van der Waals surface area (Å²) in [6.07, 6.45) is 0. The van der Waals surface area contributed by atoms with Gasteiger partial charge in [0.2, 0.25) is 0 Å². The number of hydroxylamine groups is 1. The second kappa shape index (κ2) is 3.23. The summed E-state index contributed by atoms with van der Waals surface area (Å²) in [4.78, 5) is 0. The van der Waals surface area contributed by atoms with Crippen LogP contribution in [0.15, 0.2) is 24.3 Å². The molecular weight excluding hydrogens is 146 g/mol. The van der Waals surface area contributed by atoms with Crippen LogP contribution in [-0.4, -0.2) is 22.2 Å². The number of hydrogen-bond acceptors (Lipinski definition) is 4. The van der Waals surface area contributed by atoms with Gasteiger partial charge in [-0.3, -0.25) is 5.21 Å². The summed E-state index contributed by atoms with van der Waals surface area (Å²) in [5, 5.41) is 27.1. The maximum Gasteiger partial charge on any atom is 0.141 e. The molecule has 0 aliphatic rings. The molecule has 0 heterocycles. The van der Waals surface area contributed by atoms with Crippen LogP contribution in [0.1, 0.15) is 0 Å². The molecule has 0 amide bonds. The number of para-hydroxylation sites is 2. The lowest BCUT2D eigenvalue weighted by Gasteiger charge is -2.13. The lowest BCUT2D eigenvalue weighted by molar-refractivity contribution is 0.149. The lowest BCUT2D eigenvalue weighted by Crippen LogP contribution is -2.18. The van der Waals surface area contributed by atoms with Gasteiger partial charge in [0.1, 0.15) is 18.2 Å². The number of aliphatic hydroxyl groups excluding tert-OH is 1. The van der Waals surface area contributed by atoms with Gasteiger partial charge in [0.05, 0.1) is 0 Å². The minimum Gasteiger partial charge on any atom is -0.506 e. The second-order valence-corrected chi connectivity index (χ2v) is 2.03. The first-order chi connectivity index (χ1) is 5.25. The van der Waals surface area contributed by atoms with E-state index in [2.05, 4.69) is 0 Å². The molecule has 1 rings (SSSR count). The molecule has 3 N–H and O–H groups in total. The van der Waals surface area contributed by atoms with E-state index >= 15 is 0 Å². The van der Waals surface area contributed by atoms with Crippen molar-refractivity contribution in [3.63, 3.8) is 0 Å². The average Bonchev–Trinajstić information content (AvgIpc) is 2.04. The number of nitrogens with zero attached hydrogens (tertiary/aromatic N) is 1. The highest BCUT2D eigenvalue weighted by atomic mass is 16.5. The van der Waals surface area contributed by atoms with Gasteiger partial charge in [-0.1, -0.05) is 12.1 Å². The molecular formula is C7H9NO3. The minimum atomic E-state index is -0.544. The number of aliphatic hydroxyl groups is 1. The monoisotopic (exact) mass is 155 g/mol. The molecule has 0 spiro atoms. The van der Waals surface area contributed by atoms with Crippen molar-refractivity contribution in [2.45, 2.75) is 0 Å². The van der Waals surface area contributed by atoms with E-state index in [0.29, 0.717) is 5.06 Å². The van der Waals surface area contributed by atoms with Crippen LogP contribution in [-0.2, 0) is 0 Å². The Balaban J connectivity index is 2.93. The van der Waals surface area contributed by atoms with Gasteiger partial charge in [-0.05, 0) is 12.1 Å². The summed E-state index contributed by atoms with van der Waals surface area (Å²) < 4.78 is 0. The zero-order valence-corrected chi connectivity index (χ0v) is 5.81. The van der Waals surface area contributed by atoms with Crippen molar-refractivity contribution in [2.75, 3.05) is 11.8 Å². The van der Waals surface area contributed by atoms with Gasteiger partial charge in [-0.2, -0.15) is 0 Å². The van der Waals surface area contributed by atoms with Crippen molar-refractivity contribution in [1.29, 1.82) is 0 Å². The predicted molar refractivity (Wildman–Crippen MR) is 39.5 cm³/mol. The van der Waals surface area contributed by atoms with E-state index in [1.807, 2.05) is 0 Å².